The van der Waals surface area contributed by atoms with Crippen molar-refractivity contribution in [3.63, 3.8) is 0 Å². The van der Waals surface area contributed by atoms with Gasteiger partial charge in [0.15, 0.2) is 0 Å². The second-order valence-corrected chi connectivity index (χ2v) is 4.50. The highest BCUT2D eigenvalue weighted by Crippen LogP contribution is 2.12. The lowest BCUT2D eigenvalue weighted by molar-refractivity contribution is -0.115. The molecule has 1 heterocycles. The van der Waals surface area contributed by atoms with Crippen LogP contribution in [0.2, 0.25) is 0 Å². The third kappa shape index (κ3) is 4.02. The summed E-state index contributed by atoms with van der Waals surface area (Å²) in [4.78, 5) is 31.3. The molecule has 2 amide bonds. The molecule has 2 aromatic rings. The highest BCUT2D eigenvalue weighted by Gasteiger charge is 2.10. The lowest BCUT2D eigenvalue weighted by atomic mass is 10.2. The molecule has 0 unspecified atom stereocenters. The van der Waals surface area contributed by atoms with E-state index in [-0.39, 0.29) is 24.0 Å². The number of para-hydroxylation sites is 1. The van der Waals surface area contributed by atoms with Gasteiger partial charge in [0.05, 0.1) is 19.2 Å². The number of methoxy groups -OCH3 is 1. The first-order chi connectivity index (χ1) is 10.6. The summed E-state index contributed by atoms with van der Waals surface area (Å²) >= 11 is 0. The number of nitrogens with zero attached hydrogens (tertiary/aromatic N) is 2. The first-order valence-corrected chi connectivity index (χ1v) is 6.60. The number of hydrogen-bond donors (Lipinski definition) is 2. The number of anilines is 1. The number of ether oxygens (including phenoxy) is 1. The Morgan fingerprint density at radius 1 is 1.18 bits per heavy atom. The van der Waals surface area contributed by atoms with E-state index in [1.54, 1.807) is 6.07 Å². The fraction of sp³-hybridized carbons (Fsp3) is 0.200. The maximum atomic E-state index is 11.9. The molecule has 7 nitrogen and oxygen atoms in total. The van der Waals surface area contributed by atoms with Crippen molar-refractivity contribution >= 4 is 17.5 Å². The summed E-state index contributed by atoms with van der Waals surface area (Å²) in [5.41, 5.74) is 1.92. The van der Waals surface area contributed by atoms with E-state index >= 15 is 0 Å². The van der Waals surface area contributed by atoms with Gasteiger partial charge in [-0.25, -0.2) is 9.97 Å². The zero-order valence-electron chi connectivity index (χ0n) is 12.3. The van der Waals surface area contributed by atoms with Gasteiger partial charge in [-0.15, -0.1) is 0 Å². The summed E-state index contributed by atoms with van der Waals surface area (Å²) in [6, 6.07) is 7.58. The van der Waals surface area contributed by atoms with Crippen LogP contribution in [-0.4, -0.2) is 35.4 Å². The Morgan fingerprint density at radius 3 is 2.50 bits per heavy atom. The highest BCUT2D eigenvalue weighted by molar-refractivity contribution is 5.99. The van der Waals surface area contributed by atoms with E-state index in [9.17, 15) is 9.59 Å². The molecule has 0 saturated carbocycles. The van der Waals surface area contributed by atoms with E-state index < -0.39 is 5.91 Å². The van der Waals surface area contributed by atoms with Crippen LogP contribution in [0.1, 0.15) is 15.9 Å². The Balaban J connectivity index is 1.87. The molecule has 0 aliphatic rings. The largest absolute Gasteiger partial charge is 0.467 e. The second-order valence-electron chi connectivity index (χ2n) is 4.50. The van der Waals surface area contributed by atoms with Crippen molar-refractivity contribution in [1.82, 2.24) is 15.3 Å². The first-order valence-electron chi connectivity index (χ1n) is 6.60. The number of carbonyl (C=O) groups excluding carboxylic acids is 2. The van der Waals surface area contributed by atoms with Crippen LogP contribution in [0, 0.1) is 6.92 Å². The predicted molar refractivity (Wildman–Crippen MR) is 80.7 cm³/mol. The lowest BCUT2D eigenvalue weighted by Gasteiger charge is -2.09. The van der Waals surface area contributed by atoms with Gasteiger partial charge in [-0.3, -0.25) is 9.59 Å². The van der Waals surface area contributed by atoms with Gasteiger partial charge in [0.1, 0.15) is 0 Å². The molecule has 0 bridgehead atoms. The Bertz CT molecular complexity index is 671. The van der Waals surface area contributed by atoms with Crippen LogP contribution >= 0.6 is 0 Å². The zero-order valence-corrected chi connectivity index (χ0v) is 12.3. The Kier molecular flexibility index (Phi) is 5.02. The fourth-order valence-electron chi connectivity index (χ4n) is 1.71. The van der Waals surface area contributed by atoms with Gasteiger partial charge >= 0.3 is 6.01 Å². The highest BCUT2D eigenvalue weighted by atomic mass is 16.5. The summed E-state index contributed by atoms with van der Waals surface area (Å²) in [5.74, 6) is -0.736. The number of amides is 2. The van der Waals surface area contributed by atoms with Crippen LogP contribution in [-0.2, 0) is 4.79 Å². The van der Waals surface area contributed by atoms with Crippen LogP contribution in [0.25, 0.3) is 0 Å². The molecule has 0 spiro atoms. The Labute approximate surface area is 127 Å². The van der Waals surface area contributed by atoms with E-state index in [0.717, 1.165) is 11.3 Å². The fourth-order valence-corrected chi connectivity index (χ4v) is 1.71. The van der Waals surface area contributed by atoms with Crippen molar-refractivity contribution in [3.8, 4) is 6.01 Å². The minimum Gasteiger partial charge on any atom is -0.467 e. The molecular formula is C15H16N4O3. The molecule has 1 aromatic carbocycles. The summed E-state index contributed by atoms with van der Waals surface area (Å²) in [6.07, 6.45) is 2.67. The Hall–Kier alpha value is -2.96. The standard InChI is InChI=1S/C15H16N4O3/c1-10-5-3-4-6-12(10)19-13(20)9-16-14(21)11-7-17-15(22-2)18-8-11/h3-8H,9H2,1-2H3,(H,16,21)(H,19,20). The maximum absolute atomic E-state index is 11.9. The van der Waals surface area contributed by atoms with Crippen molar-refractivity contribution in [3.05, 3.63) is 47.8 Å². The van der Waals surface area contributed by atoms with Crippen LogP contribution in [0.5, 0.6) is 6.01 Å². The van der Waals surface area contributed by atoms with Gasteiger partial charge in [0.2, 0.25) is 5.91 Å². The van der Waals surface area contributed by atoms with Gasteiger partial charge in [0, 0.05) is 18.1 Å². The molecule has 0 fully saturated rings. The Morgan fingerprint density at radius 2 is 1.86 bits per heavy atom. The van der Waals surface area contributed by atoms with Crippen molar-refractivity contribution in [2.24, 2.45) is 0 Å². The molecule has 0 saturated heterocycles. The second kappa shape index (κ2) is 7.16. The number of aromatic nitrogens is 2. The molecule has 1 aromatic heterocycles. The van der Waals surface area contributed by atoms with Crippen LogP contribution in [0.15, 0.2) is 36.7 Å². The van der Waals surface area contributed by atoms with Crippen LogP contribution < -0.4 is 15.4 Å². The lowest BCUT2D eigenvalue weighted by Crippen LogP contribution is -2.33. The first kappa shape index (κ1) is 15.4. The number of benzene rings is 1. The SMILES string of the molecule is COc1ncc(C(=O)NCC(=O)Nc2ccccc2C)cn1. The van der Waals surface area contributed by atoms with E-state index in [1.807, 2.05) is 25.1 Å². The topological polar surface area (TPSA) is 93.2 Å². The van der Waals surface area contributed by atoms with Crippen LogP contribution in [0.3, 0.4) is 0 Å². The smallest absolute Gasteiger partial charge is 0.316 e. The van der Waals surface area contributed by atoms with E-state index in [1.165, 1.54) is 19.5 Å². The molecule has 0 radical (unpaired) electrons. The molecule has 0 aliphatic heterocycles. The number of hydrogen-bond acceptors (Lipinski definition) is 5. The third-order valence-electron chi connectivity index (χ3n) is 2.90. The number of aryl methyl sites for hydroxylation is 1. The molecule has 22 heavy (non-hydrogen) atoms. The number of nitrogens with one attached hydrogen (secondary N) is 2. The monoisotopic (exact) mass is 300 g/mol. The van der Waals surface area contributed by atoms with Crippen LogP contribution in [0.4, 0.5) is 5.69 Å². The zero-order chi connectivity index (χ0) is 15.9. The van der Waals surface area contributed by atoms with Gasteiger partial charge in [-0.2, -0.15) is 0 Å². The molecule has 2 N–H and O–H groups in total. The van der Waals surface area contributed by atoms with Gasteiger partial charge in [-0.1, -0.05) is 18.2 Å². The summed E-state index contributed by atoms with van der Waals surface area (Å²) in [5, 5.41) is 5.23. The maximum Gasteiger partial charge on any atom is 0.316 e. The minimum atomic E-state index is -0.428. The van der Waals surface area contributed by atoms with Crippen molar-refractivity contribution in [2.75, 3.05) is 19.0 Å². The van der Waals surface area contributed by atoms with Gasteiger partial charge in [0.25, 0.3) is 5.91 Å². The molecule has 0 atom stereocenters. The average molecular weight is 300 g/mol. The van der Waals surface area contributed by atoms with Crippen molar-refractivity contribution < 1.29 is 14.3 Å². The number of rotatable bonds is 5. The quantitative estimate of drug-likeness (QED) is 0.864. The van der Waals surface area contributed by atoms with E-state index in [0.29, 0.717) is 0 Å². The molecule has 0 aliphatic carbocycles. The van der Waals surface area contributed by atoms with E-state index in [2.05, 4.69) is 20.6 Å². The molecule has 7 heteroatoms. The van der Waals surface area contributed by atoms with E-state index in [4.69, 9.17) is 4.74 Å². The minimum absolute atomic E-state index is 0.140. The summed E-state index contributed by atoms with van der Waals surface area (Å²) in [7, 11) is 1.44. The summed E-state index contributed by atoms with van der Waals surface area (Å²) in [6.45, 7) is 1.75. The van der Waals surface area contributed by atoms with Gasteiger partial charge in [-0.05, 0) is 18.6 Å². The predicted octanol–water partition coefficient (Wildman–Crippen LogP) is 1.16. The third-order valence-corrected chi connectivity index (χ3v) is 2.90. The van der Waals surface area contributed by atoms with Gasteiger partial charge < -0.3 is 15.4 Å². The number of carbonyl (C=O) groups is 2. The molecule has 2 rings (SSSR count). The summed E-state index contributed by atoms with van der Waals surface area (Å²) < 4.78 is 4.81. The van der Waals surface area contributed by atoms with Crippen molar-refractivity contribution in [2.45, 2.75) is 6.92 Å². The molecular weight excluding hydrogens is 284 g/mol. The van der Waals surface area contributed by atoms with Crippen molar-refractivity contribution in [1.29, 1.82) is 0 Å². The molecule has 114 valence electrons. The normalized spacial score (nSPS) is 9.91. The average Bonchev–Trinajstić information content (AvgIpc) is 2.55.